The van der Waals surface area contributed by atoms with Gasteiger partial charge in [0, 0.05) is 57.9 Å². The number of hydrogen-bond acceptors (Lipinski definition) is 8. The zero-order chi connectivity index (χ0) is 28.0. The molecular weight excluding hydrogens is 530 g/mol. The number of benzene rings is 2. The van der Waals surface area contributed by atoms with Crippen LogP contribution in [-0.2, 0) is 14.6 Å². The van der Waals surface area contributed by atoms with Crippen LogP contribution < -0.4 is 10.5 Å². The Balaban J connectivity index is 1.25. The van der Waals surface area contributed by atoms with E-state index in [0.717, 1.165) is 69.9 Å². The second-order valence-corrected chi connectivity index (χ2v) is 12.6. The van der Waals surface area contributed by atoms with Gasteiger partial charge in [-0.2, -0.15) is 4.98 Å². The van der Waals surface area contributed by atoms with Crippen molar-refractivity contribution in [2.45, 2.75) is 43.0 Å². The largest absolute Gasteiger partial charge is 0.369 e. The lowest BCUT2D eigenvalue weighted by Gasteiger charge is -2.36. The number of aromatic amines is 1. The summed E-state index contributed by atoms with van der Waals surface area (Å²) < 4.78 is 28.5. The van der Waals surface area contributed by atoms with Crippen LogP contribution in [0.3, 0.4) is 0 Å². The summed E-state index contributed by atoms with van der Waals surface area (Å²) in [5, 5.41) is 6.98. The number of carbonyl (C=O) groups is 1. The van der Waals surface area contributed by atoms with Crippen LogP contribution >= 0.6 is 0 Å². The molecule has 2 fully saturated rings. The number of H-pyrrole nitrogens is 1. The number of nitrogens with one attached hydrogen (secondary N) is 1. The molecular formula is C28H33N7O4S. The monoisotopic (exact) mass is 563 g/mol. The molecule has 0 radical (unpaired) electrons. The molecule has 11 nitrogen and oxygen atoms in total. The Morgan fingerprint density at radius 3 is 2.45 bits per heavy atom. The number of likely N-dealkylation sites (tertiary alicyclic amines) is 1. The molecule has 2 aromatic carbocycles. The third-order valence-electron chi connectivity index (χ3n) is 8.03. The zero-order valence-electron chi connectivity index (χ0n) is 22.8. The molecule has 1 amide bonds. The molecule has 0 bridgehead atoms. The van der Waals surface area contributed by atoms with Gasteiger partial charge in [-0.1, -0.05) is 17.7 Å². The minimum absolute atomic E-state index is 0.0258. The van der Waals surface area contributed by atoms with Crippen molar-refractivity contribution in [3.8, 4) is 0 Å². The molecule has 4 aromatic rings. The molecule has 0 saturated carbocycles. The molecule has 2 aliphatic rings. The Morgan fingerprint density at radius 1 is 0.975 bits per heavy atom. The van der Waals surface area contributed by atoms with Crippen molar-refractivity contribution in [1.82, 2.24) is 29.6 Å². The number of anilines is 1. The van der Waals surface area contributed by atoms with Gasteiger partial charge >= 0.3 is 0 Å². The summed E-state index contributed by atoms with van der Waals surface area (Å²) in [6, 6.07) is 10.6. The molecule has 2 saturated heterocycles. The summed E-state index contributed by atoms with van der Waals surface area (Å²) in [4.78, 5) is 36.1. The van der Waals surface area contributed by atoms with E-state index in [1.54, 1.807) is 31.2 Å². The average Bonchev–Trinajstić information content (AvgIpc) is 3.63. The van der Waals surface area contributed by atoms with Crippen molar-refractivity contribution in [2.75, 3.05) is 50.7 Å². The van der Waals surface area contributed by atoms with Crippen molar-refractivity contribution < 1.29 is 13.2 Å². The molecule has 6 rings (SSSR count). The molecule has 0 spiro atoms. The van der Waals surface area contributed by atoms with Crippen LogP contribution in [0.15, 0.2) is 51.1 Å². The molecule has 12 heteroatoms. The third-order valence-corrected chi connectivity index (χ3v) is 9.85. The second kappa shape index (κ2) is 10.3. The smallest absolute Gasteiger partial charge is 0.281 e. The summed E-state index contributed by atoms with van der Waals surface area (Å²) >= 11 is 0. The molecule has 210 valence electrons. The van der Waals surface area contributed by atoms with Crippen LogP contribution in [-0.4, -0.2) is 89.7 Å². The van der Waals surface area contributed by atoms with Crippen molar-refractivity contribution in [3.05, 3.63) is 57.9 Å². The molecule has 0 atom stereocenters. The SMILES string of the molecule is Cc1ccc(S(=O)(=O)c2n[nH]n3c2nc(=O)c2ccc(N4CCN(CCC(=O)N5CCCC5)CC4)cc23)c(C)c1. The second-order valence-electron chi connectivity index (χ2n) is 10.7. The van der Waals surface area contributed by atoms with E-state index in [4.69, 9.17) is 0 Å². The predicted octanol–water partition coefficient (Wildman–Crippen LogP) is 2.15. The van der Waals surface area contributed by atoms with Crippen molar-refractivity contribution in [2.24, 2.45) is 0 Å². The van der Waals surface area contributed by atoms with Crippen LogP contribution in [0.2, 0.25) is 0 Å². The van der Waals surface area contributed by atoms with E-state index in [1.807, 2.05) is 24.0 Å². The number of aryl methyl sites for hydroxylation is 2. The van der Waals surface area contributed by atoms with Gasteiger partial charge in [0.05, 0.1) is 15.8 Å². The molecule has 2 aromatic heterocycles. The van der Waals surface area contributed by atoms with Gasteiger partial charge < -0.3 is 9.80 Å². The van der Waals surface area contributed by atoms with Gasteiger partial charge in [-0.25, -0.2) is 18.1 Å². The molecule has 1 N–H and O–H groups in total. The number of piperazine rings is 1. The number of carbonyl (C=O) groups excluding carboxylic acids is 1. The Labute approximate surface area is 232 Å². The van der Waals surface area contributed by atoms with E-state index in [-0.39, 0.29) is 21.5 Å². The number of fused-ring (bicyclic) bond motifs is 3. The summed E-state index contributed by atoms with van der Waals surface area (Å²) in [7, 11) is -4.02. The van der Waals surface area contributed by atoms with Crippen LogP contribution in [0.4, 0.5) is 5.69 Å². The fourth-order valence-corrected chi connectivity index (χ4v) is 7.26. The van der Waals surface area contributed by atoms with Gasteiger partial charge in [-0.05, 0) is 56.5 Å². The maximum atomic E-state index is 13.5. The number of nitrogens with zero attached hydrogens (tertiary/aromatic N) is 6. The minimum Gasteiger partial charge on any atom is -0.369 e. The molecule has 2 aliphatic heterocycles. The molecule has 4 heterocycles. The first-order valence-corrected chi connectivity index (χ1v) is 15.2. The Kier molecular flexibility index (Phi) is 6.83. The average molecular weight is 564 g/mol. The normalized spacial score (nSPS) is 16.9. The summed E-state index contributed by atoms with van der Waals surface area (Å²) in [6.45, 7) is 9.39. The number of amides is 1. The maximum absolute atomic E-state index is 13.5. The van der Waals surface area contributed by atoms with E-state index in [2.05, 4.69) is 25.1 Å². The number of hydrogen-bond donors (Lipinski definition) is 1. The molecule has 0 aliphatic carbocycles. The van der Waals surface area contributed by atoms with Crippen LogP contribution in [0.1, 0.15) is 30.4 Å². The van der Waals surface area contributed by atoms with Gasteiger partial charge in [-0.15, -0.1) is 5.10 Å². The fraction of sp³-hybridized carbons (Fsp3) is 0.429. The van der Waals surface area contributed by atoms with Crippen LogP contribution in [0.25, 0.3) is 16.6 Å². The Bertz CT molecular complexity index is 1760. The highest BCUT2D eigenvalue weighted by molar-refractivity contribution is 7.91. The molecule has 0 unspecified atom stereocenters. The first-order valence-electron chi connectivity index (χ1n) is 13.7. The lowest BCUT2D eigenvalue weighted by molar-refractivity contribution is -0.130. The summed E-state index contributed by atoms with van der Waals surface area (Å²) in [6.07, 6.45) is 2.76. The highest BCUT2D eigenvalue weighted by atomic mass is 32.2. The van der Waals surface area contributed by atoms with E-state index in [9.17, 15) is 18.0 Å². The van der Waals surface area contributed by atoms with Crippen molar-refractivity contribution in [3.63, 3.8) is 0 Å². The van der Waals surface area contributed by atoms with Gasteiger partial charge in [-0.3, -0.25) is 14.5 Å². The summed E-state index contributed by atoms with van der Waals surface area (Å²) in [5.74, 6) is 0.246. The van der Waals surface area contributed by atoms with Gasteiger partial charge in [0.25, 0.3) is 5.56 Å². The standard InChI is InChI=1S/C28H33N7O4S/c1-19-5-8-24(20(2)17-19)40(38,39)28-26-29-27(37)22-7-6-21(18-23(22)35(26)31-30-28)33-15-13-32(14-16-33)12-9-25(36)34-10-3-4-11-34/h5-8,17-18,31H,3-4,9-16H2,1-2H3. The van der Waals surface area contributed by atoms with E-state index in [0.29, 0.717) is 22.9 Å². The van der Waals surface area contributed by atoms with E-state index in [1.165, 1.54) is 4.52 Å². The van der Waals surface area contributed by atoms with Crippen LogP contribution in [0.5, 0.6) is 0 Å². The third kappa shape index (κ3) is 4.75. The Morgan fingerprint density at radius 2 is 1.73 bits per heavy atom. The van der Waals surface area contributed by atoms with Gasteiger partial charge in [0.15, 0.2) is 5.65 Å². The van der Waals surface area contributed by atoms with E-state index < -0.39 is 15.4 Å². The minimum atomic E-state index is -4.02. The topological polar surface area (TPSA) is 124 Å². The summed E-state index contributed by atoms with van der Waals surface area (Å²) in [5.41, 5.74) is 2.46. The van der Waals surface area contributed by atoms with Gasteiger partial charge in [0.2, 0.25) is 20.8 Å². The van der Waals surface area contributed by atoms with Crippen molar-refractivity contribution in [1.29, 1.82) is 0 Å². The number of aromatic nitrogens is 4. The first-order chi connectivity index (χ1) is 19.2. The highest BCUT2D eigenvalue weighted by Gasteiger charge is 2.28. The molecule has 40 heavy (non-hydrogen) atoms. The predicted molar refractivity (Wildman–Crippen MR) is 152 cm³/mol. The number of rotatable bonds is 6. The lowest BCUT2D eigenvalue weighted by atomic mass is 10.2. The first kappa shape index (κ1) is 26.5. The van der Waals surface area contributed by atoms with E-state index >= 15 is 0 Å². The fourth-order valence-electron chi connectivity index (χ4n) is 5.79. The number of sulfone groups is 1. The zero-order valence-corrected chi connectivity index (χ0v) is 23.6. The maximum Gasteiger partial charge on any atom is 0.281 e. The van der Waals surface area contributed by atoms with Crippen LogP contribution in [0, 0.1) is 13.8 Å². The lowest BCUT2D eigenvalue weighted by Crippen LogP contribution is -2.47. The highest BCUT2D eigenvalue weighted by Crippen LogP contribution is 2.27. The van der Waals surface area contributed by atoms with Gasteiger partial charge in [0.1, 0.15) is 0 Å². The van der Waals surface area contributed by atoms with Crippen molar-refractivity contribution >= 4 is 38.0 Å². The Hall–Kier alpha value is -3.77. The quantitative estimate of drug-likeness (QED) is 0.379.